The quantitative estimate of drug-likeness (QED) is 0.0350. The molecule has 776 valence electrons. The number of amides is 3. The van der Waals surface area contributed by atoms with Gasteiger partial charge in [0.2, 0.25) is 17.7 Å². The van der Waals surface area contributed by atoms with E-state index < -0.39 is 308 Å². The number of carboxylic acid groups (broad SMARTS) is 2. The molecule has 0 aromatic carbocycles. The lowest BCUT2D eigenvalue weighted by atomic mass is 9.86. The van der Waals surface area contributed by atoms with Crippen molar-refractivity contribution in [1.82, 2.24) is 16.0 Å². The number of ether oxygens (including phenoxy) is 12. The lowest BCUT2D eigenvalue weighted by Gasteiger charge is -2.53. The van der Waals surface area contributed by atoms with Gasteiger partial charge in [0.1, 0.15) is 128 Å². The van der Waals surface area contributed by atoms with Crippen molar-refractivity contribution in [3.63, 3.8) is 0 Å². The smallest absolute Gasteiger partial charge is 0.364 e. The first kappa shape index (κ1) is 117. The fraction of sp³-hybridized carbons (Fsp3) is 0.934. The minimum absolute atomic E-state index is 0.113. The number of carbonyl (C=O) groups is 6. The van der Waals surface area contributed by atoms with E-state index in [9.17, 15) is 136 Å². The lowest BCUT2D eigenvalue weighted by molar-refractivity contribution is -0.407. The van der Waals surface area contributed by atoms with Crippen LogP contribution in [-0.4, -0.2) is 390 Å². The molecule has 0 aromatic heterocycles. The number of ketones is 1. The Morgan fingerprint density at radius 3 is 1.24 bits per heavy atom. The van der Waals surface area contributed by atoms with Crippen LogP contribution in [0.1, 0.15) is 285 Å². The maximum atomic E-state index is 14.5. The van der Waals surface area contributed by atoms with E-state index in [2.05, 4.69) is 29.8 Å². The third-order valence-corrected chi connectivity index (χ3v) is 26.2. The molecule has 0 aromatic rings. The Hall–Kier alpha value is -4.22. The van der Waals surface area contributed by atoms with Crippen LogP contribution < -0.4 is 16.0 Å². The highest BCUT2D eigenvalue weighted by Gasteiger charge is 2.64. The number of rotatable bonds is 67. The Morgan fingerprint density at radius 2 is 0.789 bits per heavy atom. The predicted molar refractivity (Wildman–Crippen MR) is 469 cm³/mol. The van der Waals surface area contributed by atoms with E-state index in [1.54, 1.807) is 0 Å². The predicted octanol–water partition coefficient (Wildman–Crippen LogP) is -0.213. The van der Waals surface area contributed by atoms with Crippen LogP contribution in [0.15, 0.2) is 0 Å². The van der Waals surface area contributed by atoms with Crippen LogP contribution in [-0.2, 0) is 85.6 Å². The molecular formula is C91H163N3O39. The van der Waals surface area contributed by atoms with E-state index in [1.807, 2.05) is 0 Å². The molecule has 0 bridgehead atoms. The topological polar surface area (TPSA) is 674 Å². The van der Waals surface area contributed by atoms with Gasteiger partial charge in [-0.2, -0.15) is 0 Å². The molecule has 3 amide bonds. The average Bonchev–Trinajstić information content (AvgIpc) is 0.746. The molecule has 0 saturated carbocycles. The zero-order chi connectivity index (χ0) is 98.1. The van der Waals surface area contributed by atoms with Gasteiger partial charge >= 0.3 is 11.9 Å². The number of hydrogen-bond acceptors (Lipinski definition) is 37. The van der Waals surface area contributed by atoms with Gasteiger partial charge in [-0.1, -0.05) is 226 Å². The van der Waals surface area contributed by atoms with Gasteiger partial charge < -0.3 is 185 Å². The summed E-state index contributed by atoms with van der Waals surface area (Å²) in [6.45, 7) is -0.664. The maximum absolute atomic E-state index is 14.5. The van der Waals surface area contributed by atoms with Crippen LogP contribution in [0.2, 0.25) is 0 Å². The largest absolute Gasteiger partial charge is 0.477 e. The Morgan fingerprint density at radius 1 is 0.398 bits per heavy atom. The summed E-state index contributed by atoms with van der Waals surface area (Å²) in [6.07, 6.45) is -25.5. The number of aliphatic hydroxyl groups excluding tert-OH is 19. The molecule has 133 heavy (non-hydrogen) atoms. The molecule has 42 heteroatoms. The van der Waals surface area contributed by atoms with Crippen molar-refractivity contribution in [3.05, 3.63) is 0 Å². The fourth-order valence-corrected chi connectivity index (χ4v) is 18.5. The van der Waals surface area contributed by atoms with E-state index >= 15 is 0 Å². The summed E-state index contributed by atoms with van der Waals surface area (Å²) in [4.78, 5) is 80.7. The summed E-state index contributed by atoms with van der Waals surface area (Å²) in [6, 6.07) is -5.01. The fourth-order valence-electron chi connectivity index (χ4n) is 18.5. The van der Waals surface area contributed by atoms with Gasteiger partial charge in [-0.05, 0) is 19.8 Å². The summed E-state index contributed by atoms with van der Waals surface area (Å²) in [7, 11) is 0. The van der Waals surface area contributed by atoms with Gasteiger partial charge in [-0.15, -0.1) is 0 Å². The Bertz CT molecular complexity index is 3260. The summed E-state index contributed by atoms with van der Waals surface area (Å²) >= 11 is 0. The molecule has 24 N–H and O–H groups in total. The molecule has 6 fully saturated rings. The standard InChI is InChI=1S/C91H163N3O39/c1-6-8-10-12-14-16-18-20-21-22-23-24-25-26-27-29-31-33-35-37-39-41-66(108)94-56(57(104)40-38-36-34-32-30-28-19-17-15-13-11-9-7-2)51-122-85-76(116)74(114)79(64(49-99)125-85)128-87-77(117)83(80(65(50-100)126-87)129-84-55(42-52(3)101)78(71(111)62(47-97)123-84)127-86-75(115)73(113)70(110)61(46-96)124-86)133-91(89(120)121)44-59(106)68(93-54(5)103)82(132-91)72(112)63(48-98)130-90(88(118)119)43-58(105)67(92-53(4)102)81(131-90)69(109)60(107)45-95/h55-65,67-87,95-100,104-107,109-117H,6-51H2,1-5H3,(H,92,102)(H,93,103)(H,94,108)(H,118,119)(H,120,121). The molecule has 34 unspecified atom stereocenters. The van der Waals surface area contributed by atoms with Gasteiger partial charge in [-0.3, -0.25) is 14.4 Å². The zero-order valence-corrected chi connectivity index (χ0v) is 78.2. The molecule has 0 radical (unpaired) electrons. The minimum Gasteiger partial charge on any atom is -0.477 e. The molecule has 6 aliphatic rings. The van der Waals surface area contributed by atoms with E-state index in [4.69, 9.17) is 56.8 Å². The van der Waals surface area contributed by atoms with Crippen LogP contribution in [0, 0.1) is 5.92 Å². The number of hydrogen-bond donors (Lipinski definition) is 24. The van der Waals surface area contributed by atoms with Crippen LogP contribution in [0.5, 0.6) is 0 Å². The zero-order valence-electron chi connectivity index (χ0n) is 78.2. The first-order chi connectivity index (χ1) is 63.6. The van der Waals surface area contributed by atoms with Gasteiger partial charge in [0.05, 0.1) is 88.8 Å². The molecule has 6 aliphatic heterocycles. The number of aliphatic carboxylic acids is 2. The van der Waals surface area contributed by atoms with Gasteiger partial charge in [0, 0.05) is 45.4 Å². The van der Waals surface area contributed by atoms with Crippen molar-refractivity contribution in [1.29, 1.82) is 0 Å². The van der Waals surface area contributed by atoms with Gasteiger partial charge in [-0.25, -0.2) is 9.59 Å². The summed E-state index contributed by atoms with van der Waals surface area (Å²) < 4.78 is 72.7. The Kier molecular flexibility index (Phi) is 54.3. The van der Waals surface area contributed by atoms with Crippen molar-refractivity contribution in [3.8, 4) is 0 Å². The van der Waals surface area contributed by atoms with Crippen LogP contribution in [0.25, 0.3) is 0 Å². The minimum atomic E-state index is -3.67. The van der Waals surface area contributed by atoms with Crippen molar-refractivity contribution < 1.29 is 193 Å². The summed E-state index contributed by atoms with van der Waals surface area (Å²) in [5.41, 5.74) is 0. The maximum Gasteiger partial charge on any atom is 0.364 e. The van der Waals surface area contributed by atoms with E-state index in [0.29, 0.717) is 12.8 Å². The van der Waals surface area contributed by atoms with Gasteiger partial charge in [0.15, 0.2) is 25.2 Å². The molecule has 6 rings (SSSR count). The molecule has 34 atom stereocenters. The van der Waals surface area contributed by atoms with E-state index in [1.165, 1.54) is 135 Å². The molecule has 0 spiro atoms. The highest BCUT2D eigenvalue weighted by molar-refractivity contribution is 5.78. The second-order valence-electron chi connectivity index (χ2n) is 37.1. The molecule has 42 nitrogen and oxygen atoms in total. The molecule has 6 heterocycles. The average molecular weight is 1920 g/mol. The Balaban J connectivity index is 1.28. The summed E-state index contributed by atoms with van der Waals surface area (Å²) in [5.74, 6) is -16.5. The second-order valence-corrected chi connectivity index (χ2v) is 37.1. The monoisotopic (exact) mass is 1920 g/mol. The molecule has 0 aliphatic carbocycles. The summed E-state index contributed by atoms with van der Waals surface area (Å²) in [5, 5.41) is 246. The number of Topliss-reactive ketones (excluding diaryl/α,β-unsaturated/α-hetero) is 1. The number of unbranched alkanes of at least 4 members (excludes halogenated alkanes) is 32. The third kappa shape index (κ3) is 36.1. The van der Waals surface area contributed by atoms with Gasteiger partial charge in [0.25, 0.3) is 11.6 Å². The van der Waals surface area contributed by atoms with Crippen LogP contribution >= 0.6 is 0 Å². The third-order valence-electron chi connectivity index (χ3n) is 26.2. The van der Waals surface area contributed by atoms with E-state index in [0.717, 1.165) is 91.4 Å². The SMILES string of the molecule is CCCCCCCCCCCCCCCCCCCCCCCC(=O)NC(COC1OC(CO)C(OC2OC(CO)C(OC3OC(CO)C(O)C(OC4OC(CO)C(O)C(O)C4O)C3CC(C)=O)C(OC3(C(=O)O)CC(O)C(NC(C)=O)C(C(O)C(CO)OC4(C(=O)O)CC(O)C(NC(C)=O)C(C(O)C(O)CO)O4)O3)C2O)C(O)C1O)C(O)CCCCCCCCCCCCCCC. The number of carbonyl (C=O) groups excluding carboxylic acids is 4. The second kappa shape index (κ2) is 61.5. The normalized spacial score (nSPS) is 34.0. The number of nitrogens with one attached hydrogen (secondary N) is 3. The van der Waals surface area contributed by atoms with Crippen LogP contribution in [0.3, 0.4) is 0 Å². The molecule has 6 saturated heterocycles. The number of carboxylic acids is 2. The van der Waals surface area contributed by atoms with Crippen LogP contribution in [0.4, 0.5) is 0 Å². The van der Waals surface area contributed by atoms with Crippen molar-refractivity contribution in [2.24, 2.45) is 5.92 Å². The first-order valence-electron chi connectivity index (χ1n) is 48.8. The van der Waals surface area contributed by atoms with Crippen molar-refractivity contribution in [2.75, 3.05) is 46.2 Å². The number of aliphatic hydroxyl groups is 19. The highest BCUT2D eigenvalue weighted by atomic mass is 16.8. The van der Waals surface area contributed by atoms with Crippen molar-refractivity contribution in [2.45, 2.75) is 486 Å². The van der Waals surface area contributed by atoms with Crippen molar-refractivity contribution >= 4 is 35.4 Å². The Labute approximate surface area is 779 Å². The first-order valence-corrected chi connectivity index (χ1v) is 48.8. The lowest BCUT2D eigenvalue weighted by Crippen LogP contribution is -2.72. The molecular weight excluding hydrogens is 1760 g/mol. The highest BCUT2D eigenvalue weighted by Crippen LogP contribution is 2.44. The van der Waals surface area contributed by atoms with E-state index in [-0.39, 0.29) is 12.8 Å².